The molecule has 0 unspecified atom stereocenters. The number of nitrogens with zero attached hydrogens (tertiary/aromatic N) is 4. The fraction of sp³-hybridized carbons (Fsp3) is 0.286. The minimum Gasteiger partial charge on any atom is -0.381 e. The zero-order valence-corrected chi connectivity index (χ0v) is 18.5. The maximum atomic E-state index is 5.45. The third-order valence-corrected chi connectivity index (χ3v) is 7.12. The van der Waals surface area contributed by atoms with E-state index in [2.05, 4.69) is 50.5 Å². The van der Waals surface area contributed by atoms with Crippen molar-refractivity contribution >= 4 is 43.3 Å². The second-order valence-electron chi connectivity index (χ2n) is 7.22. The SMILES string of the molecule is CO[C@H]1C[C@H](Nc2nc(-c3nccn3C)nc3sc(Br)c(-c4ccccc4)c23)C1. The number of halogens is 1. The van der Waals surface area contributed by atoms with E-state index in [0.29, 0.717) is 18.0 Å². The van der Waals surface area contributed by atoms with Crippen LogP contribution in [0.15, 0.2) is 46.5 Å². The Balaban J connectivity index is 1.68. The molecule has 0 saturated heterocycles. The minimum atomic E-state index is 0.321. The molecule has 148 valence electrons. The first kappa shape index (κ1) is 18.7. The lowest BCUT2D eigenvalue weighted by Gasteiger charge is -2.35. The summed E-state index contributed by atoms with van der Waals surface area (Å²) >= 11 is 5.40. The molecule has 5 rings (SSSR count). The summed E-state index contributed by atoms with van der Waals surface area (Å²) in [5, 5.41) is 4.70. The van der Waals surface area contributed by atoms with Gasteiger partial charge < -0.3 is 14.6 Å². The smallest absolute Gasteiger partial charge is 0.199 e. The molecule has 1 saturated carbocycles. The number of nitrogens with one attached hydrogen (secondary N) is 1. The molecular weight excluding hydrogens is 450 g/mol. The number of hydrogen-bond donors (Lipinski definition) is 1. The van der Waals surface area contributed by atoms with Gasteiger partial charge in [0.1, 0.15) is 10.6 Å². The van der Waals surface area contributed by atoms with E-state index in [0.717, 1.165) is 49.6 Å². The van der Waals surface area contributed by atoms with Crippen LogP contribution in [0.4, 0.5) is 5.82 Å². The lowest BCUT2D eigenvalue weighted by Crippen LogP contribution is -2.40. The van der Waals surface area contributed by atoms with Crippen LogP contribution in [-0.2, 0) is 11.8 Å². The van der Waals surface area contributed by atoms with Crippen LogP contribution in [0.5, 0.6) is 0 Å². The van der Waals surface area contributed by atoms with Crippen LogP contribution < -0.4 is 5.32 Å². The van der Waals surface area contributed by atoms with E-state index in [9.17, 15) is 0 Å². The van der Waals surface area contributed by atoms with E-state index in [-0.39, 0.29) is 0 Å². The lowest BCUT2D eigenvalue weighted by atomic mass is 9.89. The van der Waals surface area contributed by atoms with Gasteiger partial charge in [-0.05, 0) is 34.3 Å². The van der Waals surface area contributed by atoms with E-state index in [4.69, 9.17) is 14.7 Å². The Hall–Kier alpha value is -2.29. The summed E-state index contributed by atoms with van der Waals surface area (Å²) in [4.78, 5) is 15.2. The highest BCUT2D eigenvalue weighted by Gasteiger charge is 2.31. The predicted molar refractivity (Wildman–Crippen MR) is 120 cm³/mol. The van der Waals surface area contributed by atoms with Crippen LogP contribution in [0, 0.1) is 0 Å². The number of hydrogen-bond acceptors (Lipinski definition) is 6. The molecule has 1 aliphatic rings. The first-order valence-corrected chi connectivity index (χ1v) is 11.1. The number of imidazole rings is 1. The molecular formula is C21H20BrN5OS. The van der Waals surface area contributed by atoms with Crippen molar-refractivity contribution in [2.45, 2.75) is 25.0 Å². The average molecular weight is 470 g/mol. The summed E-state index contributed by atoms with van der Waals surface area (Å²) in [5.74, 6) is 2.24. The number of fused-ring (bicyclic) bond motifs is 1. The molecule has 1 aromatic carbocycles. The van der Waals surface area contributed by atoms with Crippen LogP contribution in [0.3, 0.4) is 0 Å². The Kier molecular flexibility index (Phi) is 4.85. The van der Waals surface area contributed by atoms with E-state index in [1.807, 2.05) is 23.9 Å². The Labute approximate surface area is 181 Å². The molecule has 3 heterocycles. The molecule has 0 radical (unpaired) electrons. The minimum absolute atomic E-state index is 0.321. The van der Waals surface area contributed by atoms with Crippen LogP contribution >= 0.6 is 27.3 Å². The Morgan fingerprint density at radius 3 is 2.69 bits per heavy atom. The van der Waals surface area contributed by atoms with Gasteiger partial charge in [-0.2, -0.15) is 0 Å². The average Bonchev–Trinajstić information content (AvgIpc) is 3.27. The predicted octanol–water partition coefficient (Wildman–Crippen LogP) is 5.11. The molecule has 0 bridgehead atoms. The number of thiophene rings is 1. The Morgan fingerprint density at radius 2 is 2.00 bits per heavy atom. The maximum Gasteiger partial charge on any atom is 0.199 e. The van der Waals surface area contributed by atoms with Gasteiger partial charge in [-0.15, -0.1) is 11.3 Å². The molecule has 3 aromatic heterocycles. The topological polar surface area (TPSA) is 64.9 Å². The summed E-state index contributed by atoms with van der Waals surface area (Å²) in [5.41, 5.74) is 2.27. The summed E-state index contributed by atoms with van der Waals surface area (Å²) in [6.45, 7) is 0. The van der Waals surface area contributed by atoms with Crippen molar-refractivity contribution in [1.82, 2.24) is 19.5 Å². The number of rotatable bonds is 5. The van der Waals surface area contributed by atoms with Crippen molar-refractivity contribution in [2.24, 2.45) is 7.05 Å². The Morgan fingerprint density at radius 1 is 1.21 bits per heavy atom. The van der Waals surface area contributed by atoms with Gasteiger partial charge in [0.15, 0.2) is 11.6 Å². The summed E-state index contributed by atoms with van der Waals surface area (Å²) in [7, 11) is 3.73. The van der Waals surface area contributed by atoms with Crippen LogP contribution in [0.1, 0.15) is 12.8 Å². The van der Waals surface area contributed by atoms with Crippen molar-refractivity contribution in [3.8, 4) is 22.8 Å². The zero-order valence-electron chi connectivity index (χ0n) is 16.1. The highest BCUT2D eigenvalue weighted by molar-refractivity contribution is 9.11. The van der Waals surface area contributed by atoms with Crippen LogP contribution in [0.2, 0.25) is 0 Å². The van der Waals surface area contributed by atoms with Gasteiger partial charge in [0, 0.05) is 38.2 Å². The molecule has 8 heteroatoms. The summed E-state index contributed by atoms with van der Waals surface area (Å²) in [6, 6.07) is 10.7. The van der Waals surface area contributed by atoms with Crippen molar-refractivity contribution in [2.75, 3.05) is 12.4 Å². The molecule has 29 heavy (non-hydrogen) atoms. The lowest BCUT2D eigenvalue weighted by molar-refractivity contribution is 0.0328. The molecule has 0 spiro atoms. The maximum absolute atomic E-state index is 5.45. The van der Waals surface area contributed by atoms with Crippen molar-refractivity contribution < 1.29 is 4.74 Å². The molecule has 0 atom stereocenters. The van der Waals surface area contributed by atoms with Crippen molar-refractivity contribution in [1.29, 1.82) is 0 Å². The van der Waals surface area contributed by atoms with E-state index >= 15 is 0 Å². The standard InChI is InChI=1S/C21H20BrN5OS/c1-27-9-8-23-20(27)19-25-18(24-13-10-14(11-13)28-2)16-15(12-6-4-3-5-7-12)17(22)29-21(16)26-19/h3-9,13-14H,10-11H2,1-2H3,(H,24,25,26)/t13-,14-. The largest absolute Gasteiger partial charge is 0.381 e. The van der Waals surface area contributed by atoms with Crippen LogP contribution in [-0.4, -0.2) is 38.8 Å². The molecule has 0 aliphatic heterocycles. The number of methoxy groups -OCH3 is 1. The number of anilines is 1. The number of aromatic nitrogens is 4. The third-order valence-electron chi connectivity index (χ3n) is 5.36. The van der Waals surface area contributed by atoms with Gasteiger partial charge in [-0.25, -0.2) is 15.0 Å². The highest BCUT2D eigenvalue weighted by Crippen LogP contribution is 2.45. The monoisotopic (exact) mass is 469 g/mol. The van der Waals surface area contributed by atoms with Gasteiger partial charge in [-0.3, -0.25) is 0 Å². The van der Waals surface area contributed by atoms with Crippen molar-refractivity contribution in [3.05, 3.63) is 46.5 Å². The zero-order chi connectivity index (χ0) is 20.0. The van der Waals surface area contributed by atoms with Crippen LogP contribution in [0.25, 0.3) is 33.0 Å². The van der Waals surface area contributed by atoms with Gasteiger partial charge >= 0.3 is 0 Å². The van der Waals surface area contributed by atoms with Gasteiger partial charge in [0.25, 0.3) is 0 Å². The Bertz CT molecular complexity index is 1170. The summed E-state index contributed by atoms with van der Waals surface area (Å²) < 4.78 is 8.44. The number of ether oxygens (including phenoxy) is 1. The first-order chi connectivity index (χ1) is 14.1. The fourth-order valence-electron chi connectivity index (χ4n) is 3.69. The number of benzene rings is 1. The third kappa shape index (κ3) is 3.35. The van der Waals surface area contributed by atoms with Crippen molar-refractivity contribution in [3.63, 3.8) is 0 Å². The van der Waals surface area contributed by atoms with E-state index in [1.165, 1.54) is 0 Å². The first-order valence-electron chi connectivity index (χ1n) is 9.46. The molecule has 4 aromatic rings. The summed E-state index contributed by atoms with van der Waals surface area (Å²) in [6.07, 6.45) is 5.95. The van der Waals surface area contributed by atoms with E-state index < -0.39 is 0 Å². The van der Waals surface area contributed by atoms with E-state index in [1.54, 1.807) is 24.6 Å². The number of aryl methyl sites for hydroxylation is 1. The van der Waals surface area contributed by atoms with Gasteiger partial charge in [-0.1, -0.05) is 30.3 Å². The quantitative estimate of drug-likeness (QED) is 0.439. The molecule has 1 fully saturated rings. The van der Waals surface area contributed by atoms with Gasteiger partial charge in [0.2, 0.25) is 0 Å². The highest BCUT2D eigenvalue weighted by atomic mass is 79.9. The second kappa shape index (κ2) is 7.51. The molecule has 0 amide bonds. The molecule has 1 aliphatic carbocycles. The fourth-order valence-corrected chi connectivity index (χ4v) is 5.50. The second-order valence-corrected chi connectivity index (χ2v) is 9.54. The molecule has 1 N–H and O–H groups in total. The molecule has 6 nitrogen and oxygen atoms in total. The van der Waals surface area contributed by atoms with Gasteiger partial charge in [0.05, 0.1) is 15.3 Å². The normalized spacial score (nSPS) is 18.7.